The molecule has 18 heavy (non-hydrogen) atoms. The van der Waals surface area contributed by atoms with Crippen molar-refractivity contribution < 1.29 is 4.79 Å². The first-order chi connectivity index (χ1) is 8.61. The van der Waals surface area contributed by atoms with Crippen LogP contribution < -0.4 is 16.6 Å². The first kappa shape index (κ1) is 10.6. The molecule has 0 bridgehead atoms. The Balaban J connectivity index is 2.10. The first-order valence-corrected chi connectivity index (χ1v) is 5.55. The summed E-state index contributed by atoms with van der Waals surface area (Å²) in [7, 11) is 0. The van der Waals surface area contributed by atoms with Crippen molar-refractivity contribution in [2.75, 3.05) is 11.1 Å². The van der Waals surface area contributed by atoms with Gasteiger partial charge in [0.05, 0.1) is 6.42 Å². The number of aromatic nitrogens is 1. The summed E-state index contributed by atoms with van der Waals surface area (Å²) in [6.07, 6.45) is 0.377. The Hall–Kier alpha value is -2.56. The smallest absolute Gasteiger partial charge is 0.250 e. The number of nitrogens with two attached hydrogens (primary N) is 1. The van der Waals surface area contributed by atoms with Crippen molar-refractivity contribution in [2.45, 2.75) is 6.42 Å². The molecule has 0 unspecified atom stereocenters. The second-order valence-electron chi connectivity index (χ2n) is 4.29. The van der Waals surface area contributed by atoms with Gasteiger partial charge in [-0.15, -0.1) is 0 Å². The van der Waals surface area contributed by atoms with E-state index < -0.39 is 0 Å². The monoisotopic (exact) mass is 241 g/mol. The third-order valence-corrected chi connectivity index (χ3v) is 2.93. The van der Waals surface area contributed by atoms with Crippen LogP contribution in [0.1, 0.15) is 5.56 Å². The molecule has 1 aliphatic rings. The highest BCUT2D eigenvalue weighted by atomic mass is 16.1. The van der Waals surface area contributed by atoms with E-state index in [0.717, 1.165) is 22.4 Å². The highest BCUT2D eigenvalue weighted by molar-refractivity contribution is 5.99. The minimum absolute atomic E-state index is 0.00688. The van der Waals surface area contributed by atoms with E-state index in [4.69, 9.17) is 5.73 Å². The maximum absolute atomic E-state index is 11.4. The summed E-state index contributed by atoms with van der Waals surface area (Å²) in [6, 6.07) is 8.79. The fraction of sp³-hybridized carbons (Fsp3) is 0.0769. The van der Waals surface area contributed by atoms with Gasteiger partial charge in [-0.2, -0.15) is 0 Å². The maximum Gasteiger partial charge on any atom is 0.250 e. The van der Waals surface area contributed by atoms with Crippen molar-refractivity contribution in [3.63, 3.8) is 0 Å². The molecule has 5 nitrogen and oxygen atoms in total. The van der Waals surface area contributed by atoms with E-state index >= 15 is 0 Å². The van der Waals surface area contributed by atoms with E-state index in [9.17, 15) is 9.59 Å². The van der Waals surface area contributed by atoms with Crippen molar-refractivity contribution >= 4 is 17.4 Å². The lowest BCUT2D eigenvalue weighted by Gasteiger charge is -2.05. The summed E-state index contributed by atoms with van der Waals surface area (Å²) in [5, 5.41) is 2.77. The summed E-state index contributed by atoms with van der Waals surface area (Å²) >= 11 is 0. The largest absolute Gasteiger partial charge is 0.385 e. The predicted molar refractivity (Wildman–Crippen MR) is 69.2 cm³/mol. The third-order valence-electron chi connectivity index (χ3n) is 2.93. The fourth-order valence-corrected chi connectivity index (χ4v) is 2.14. The minimum Gasteiger partial charge on any atom is -0.385 e. The Kier molecular flexibility index (Phi) is 2.19. The number of anilines is 2. The topological polar surface area (TPSA) is 88.0 Å². The molecular weight excluding hydrogens is 230 g/mol. The van der Waals surface area contributed by atoms with Gasteiger partial charge in [-0.05, 0) is 34.9 Å². The molecule has 3 rings (SSSR count). The molecule has 0 aliphatic carbocycles. The summed E-state index contributed by atoms with van der Waals surface area (Å²) in [5.74, 6) is 0.319. The Labute approximate surface area is 103 Å². The number of rotatable bonds is 1. The Morgan fingerprint density at radius 2 is 1.89 bits per heavy atom. The molecule has 0 atom stereocenters. The number of amides is 1. The van der Waals surface area contributed by atoms with Gasteiger partial charge >= 0.3 is 0 Å². The van der Waals surface area contributed by atoms with Crippen LogP contribution in [-0.4, -0.2) is 10.9 Å². The van der Waals surface area contributed by atoms with E-state index in [1.165, 1.54) is 6.07 Å². The average molecular weight is 241 g/mol. The number of hydrogen-bond acceptors (Lipinski definition) is 3. The lowest BCUT2D eigenvalue weighted by atomic mass is 10.0. The molecule has 0 saturated carbocycles. The molecule has 2 aromatic rings. The van der Waals surface area contributed by atoms with Gasteiger partial charge in [0.25, 0.3) is 0 Å². The number of nitrogen functional groups attached to an aromatic ring is 1. The van der Waals surface area contributed by atoms with Crippen molar-refractivity contribution in [3.05, 3.63) is 46.2 Å². The molecule has 1 aliphatic heterocycles. The molecule has 0 fully saturated rings. The van der Waals surface area contributed by atoms with Crippen LogP contribution >= 0.6 is 0 Å². The molecule has 90 valence electrons. The van der Waals surface area contributed by atoms with Crippen molar-refractivity contribution in [1.82, 2.24) is 4.98 Å². The zero-order valence-corrected chi connectivity index (χ0v) is 9.49. The Morgan fingerprint density at radius 3 is 2.67 bits per heavy atom. The van der Waals surface area contributed by atoms with E-state index in [1.54, 1.807) is 6.07 Å². The average Bonchev–Trinajstić information content (AvgIpc) is 2.66. The quantitative estimate of drug-likeness (QED) is 0.699. The molecule has 0 spiro atoms. The molecule has 1 amide bonds. The first-order valence-electron chi connectivity index (χ1n) is 5.55. The van der Waals surface area contributed by atoms with Gasteiger partial charge in [-0.3, -0.25) is 9.59 Å². The van der Waals surface area contributed by atoms with E-state index in [1.807, 2.05) is 18.2 Å². The zero-order chi connectivity index (χ0) is 12.7. The highest BCUT2D eigenvalue weighted by Crippen LogP contribution is 2.28. The summed E-state index contributed by atoms with van der Waals surface area (Å²) in [6.45, 7) is 0. The van der Waals surface area contributed by atoms with Crippen LogP contribution in [0.5, 0.6) is 0 Å². The Bertz CT molecular complexity index is 704. The van der Waals surface area contributed by atoms with Crippen molar-refractivity contribution in [3.8, 4) is 11.1 Å². The van der Waals surface area contributed by atoms with Crippen LogP contribution in [-0.2, 0) is 11.2 Å². The van der Waals surface area contributed by atoms with Crippen LogP contribution in [0.25, 0.3) is 11.1 Å². The van der Waals surface area contributed by atoms with E-state index in [-0.39, 0.29) is 11.5 Å². The molecule has 1 aromatic heterocycles. The number of benzene rings is 1. The lowest BCUT2D eigenvalue weighted by Crippen LogP contribution is -2.07. The van der Waals surface area contributed by atoms with Gasteiger partial charge in [-0.25, -0.2) is 0 Å². The summed E-state index contributed by atoms with van der Waals surface area (Å²) < 4.78 is 0. The SMILES string of the molecule is Nc1cc(-c2ccc3c(c2)CC(=O)N3)cc(=O)[nH]1. The normalized spacial score (nSPS) is 13.2. The predicted octanol–water partition coefficient (Wildman–Crippen LogP) is 1.12. The lowest BCUT2D eigenvalue weighted by molar-refractivity contribution is -0.115. The van der Waals surface area contributed by atoms with Gasteiger partial charge in [0, 0.05) is 11.8 Å². The number of hydrogen-bond donors (Lipinski definition) is 3. The van der Waals surface area contributed by atoms with Crippen molar-refractivity contribution in [1.29, 1.82) is 0 Å². The third kappa shape index (κ3) is 1.75. The van der Waals surface area contributed by atoms with Gasteiger partial charge in [0.1, 0.15) is 5.82 Å². The molecule has 2 heterocycles. The molecule has 0 radical (unpaired) electrons. The van der Waals surface area contributed by atoms with Crippen LogP contribution in [0.2, 0.25) is 0 Å². The van der Waals surface area contributed by atoms with Gasteiger partial charge in [0.2, 0.25) is 11.5 Å². The fourth-order valence-electron chi connectivity index (χ4n) is 2.14. The van der Waals surface area contributed by atoms with Gasteiger partial charge in [-0.1, -0.05) is 6.07 Å². The standard InChI is InChI=1S/C13H11N3O2/c14-11-4-8(5-13(18)16-11)7-1-2-10-9(3-7)6-12(17)15-10/h1-5H,6H2,(H,15,17)(H3,14,16,18). The summed E-state index contributed by atoms with van der Waals surface area (Å²) in [5.41, 5.74) is 8.78. The van der Waals surface area contributed by atoms with Crippen LogP contribution in [0.15, 0.2) is 35.1 Å². The number of aromatic amines is 1. The zero-order valence-electron chi connectivity index (χ0n) is 9.49. The van der Waals surface area contributed by atoms with E-state index in [0.29, 0.717) is 12.2 Å². The second kappa shape index (κ2) is 3.73. The highest BCUT2D eigenvalue weighted by Gasteiger charge is 2.17. The molecule has 5 heteroatoms. The van der Waals surface area contributed by atoms with Gasteiger partial charge < -0.3 is 16.0 Å². The molecule has 1 aromatic carbocycles. The number of fused-ring (bicyclic) bond motifs is 1. The number of carbonyl (C=O) groups is 1. The van der Waals surface area contributed by atoms with Gasteiger partial charge in [0.15, 0.2) is 0 Å². The molecular formula is C13H11N3O2. The van der Waals surface area contributed by atoms with Crippen LogP contribution in [0.3, 0.4) is 0 Å². The number of pyridine rings is 1. The molecule has 4 N–H and O–H groups in total. The number of H-pyrrole nitrogens is 1. The summed E-state index contributed by atoms with van der Waals surface area (Å²) in [4.78, 5) is 25.1. The Morgan fingerprint density at radius 1 is 1.06 bits per heavy atom. The maximum atomic E-state index is 11.4. The molecule has 0 saturated heterocycles. The van der Waals surface area contributed by atoms with E-state index in [2.05, 4.69) is 10.3 Å². The number of carbonyl (C=O) groups excluding carboxylic acids is 1. The number of nitrogens with one attached hydrogen (secondary N) is 2. The van der Waals surface area contributed by atoms with Crippen LogP contribution in [0, 0.1) is 0 Å². The van der Waals surface area contributed by atoms with Crippen LogP contribution in [0.4, 0.5) is 11.5 Å². The minimum atomic E-state index is -0.236. The second-order valence-corrected chi connectivity index (χ2v) is 4.29. The van der Waals surface area contributed by atoms with Crippen molar-refractivity contribution in [2.24, 2.45) is 0 Å².